The van der Waals surface area contributed by atoms with Gasteiger partial charge in [0.1, 0.15) is 4.90 Å². The van der Waals surface area contributed by atoms with E-state index in [4.69, 9.17) is 5.11 Å². The number of benzene rings is 1. The van der Waals surface area contributed by atoms with Crippen LogP contribution in [-0.2, 0) is 16.6 Å². The number of nitrogens with one attached hydrogen (secondary N) is 1. The molecule has 0 bridgehead atoms. The summed E-state index contributed by atoms with van der Waals surface area (Å²) in [6.07, 6.45) is 0. The lowest BCUT2D eigenvalue weighted by Gasteiger charge is -2.11. The molecule has 0 amide bonds. The predicted octanol–water partition coefficient (Wildman–Crippen LogP) is 5.09. The van der Waals surface area contributed by atoms with Gasteiger partial charge in [0.05, 0.1) is 16.1 Å². The third kappa shape index (κ3) is 4.10. The molecule has 1 aromatic carbocycles. The Hall–Kier alpha value is 0.550. The van der Waals surface area contributed by atoms with Crippen molar-refractivity contribution in [1.82, 2.24) is 0 Å². The molecule has 0 saturated heterocycles. The number of thiophene rings is 1. The van der Waals surface area contributed by atoms with Crippen LogP contribution in [0.2, 0.25) is 0 Å². The third-order valence-electron chi connectivity index (χ3n) is 2.40. The molecule has 0 aliphatic heterocycles. The molecule has 1 heterocycles. The predicted molar refractivity (Wildman–Crippen MR) is 98.3 cm³/mol. The second kappa shape index (κ2) is 6.98. The van der Waals surface area contributed by atoms with Crippen LogP contribution in [0.1, 0.15) is 4.88 Å². The van der Waals surface area contributed by atoms with Crippen LogP contribution in [0, 0.1) is 0 Å². The first-order valence-corrected chi connectivity index (χ1v) is 10.8. The number of aliphatic hydroxyl groups is 1. The summed E-state index contributed by atoms with van der Waals surface area (Å²) in [6.45, 7) is -0.204. The highest BCUT2D eigenvalue weighted by Crippen LogP contribution is 2.38. The van der Waals surface area contributed by atoms with Crippen LogP contribution >= 0.6 is 75.1 Å². The Labute approximate surface area is 159 Å². The first kappa shape index (κ1) is 17.9. The van der Waals surface area contributed by atoms with Crippen molar-refractivity contribution in [3.8, 4) is 0 Å². The summed E-state index contributed by atoms with van der Waals surface area (Å²) in [5.41, 5.74) is 0.404. The second-order valence-corrected chi connectivity index (χ2v) is 10.6. The van der Waals surface area contributed by atoms with Gasteiger partial charge in [0.15, 0.2) is 0 Å². The maximum absolute atomic E-state index is 12.5. The molecule has 0 unspecified atom stereocenters. The molecule has 114 valence electrons. The zero-order chi connectivity index (χ0) is 15.8. The Morgan fingerprint density at radius 2 is 1.67 bits per heavy atom. The molecule has 0 spiro atoms. The van der Waals surface area contributed by atoms with Crippen molar-refractivity contribution in [2.24, 2.45) is 0 Å². The number of hydrogen-bond donors (Lipinski definition) is 2. The first-order chi connectivity index (χ1) is 9.74. The fourth-order valence-electron chi connectivity index (χ4n) is 1.49. The second-order valence-electron chi connectivity index (χ2n) is 3.86. The highest BCUT2D eigenvalue weighted by Gasteiger charge is 2.23. The molecule has 2 rings (SSSR count). The van der Waals surface area contributed by atoms with Crippen molar-refractivity contribution in [1.29, 1.82) is 0 Å². The molecule has 2 N–H and O–H groups in total. The van der Waals surface area contributed by atoms with Crippen molar-refractivity contribution < 1.29 is 13.5 Å². The normalized spacial score (nSPS) is 11.7. The number of aliphatic hydroxyl groups excluding tert-OH is 1. The summed E-state index contributed by atoms with van der Waals surface area (Å²) < 4.78 is 29.9. The average Bonchev–Trinajstić information content (AvgIpc) is 2.76. The van der Waals surface area contributed by atoms with Crippen molar-refractivity contribution in [3.63, 3.8) is 0 Å². The van der Waals surface area contributed by atoms with Crippen LogP contribution in [-0.4, -0.2) is 13.5 Å². The van der Waals surface area contributed by atoms with E-state index in [-0.39, 0.29) is 11.5 Å². The molecule has 0 atom stereocenters. The van der Waals surface area contributed by atoms with E-state index in [9.17, 15) is 8.42 Å². The quantitative estimate of drug-likeness (QED) is 0.526. The number of sulfonamides is 1. The van der Waals surface area contributed by atoms with Gasteiger partial charge < -0.3 is 5.11 Å². The van der Waals surface area contributed by atoms with Gasteiger partial charge in [0.25, 0.3) is 10.0 Å². The maximum Gasteiger partial charge on any atom is 0.263 e. The lowest BCUT2D eigenvalue weighted by molar-refractivity contribution is 0.285. The van der Waals surface area contributed by atoms with Gasteiger partial charge in [0.2, 0.25) is 0 Å². The van der Waals surface area contributed by atoms with E-state index in [0.717, 1.165) is 4.47 Å². The topological polar surface area (TPSA) is 66.4 Å². The first-order valence-electron chi connectivity index (χ1n) is 5.31. The number of anilines is 1. The smallest absolute Gasteiger partial charge is 0.263 e. The number of hydrogen-bond acceptors (Lipinski definition) is 4. The van der Waals surface area contributed by atoms with Gasteiger partial charge in [-0.15, -0.1) is 11.3 Å². The lowest BCUT2D eigenvalue weighted by Crippen LogP contribution is -2.13. The Balaban J connectivity index is 2.44. The summed E-state index contributed by atoms with van der Waals surface area (Å²) in [5.74, 6) is 0. The van der Waals surface area contributed by atoms with E-state index < -0.39 is 10.0 Å². The monoisotopic (exact) mass is 581 g/mol. The molecule has 21 heavy (non-hydrogen) atoms. The van der Waals surface area contributed by atoms with Crippen LogP contribution in [0.25, 0.3) is 0 Å². The fraction of sp³-hybridized carbons (Fsp3) is 0.0909. The maximum atomic E-state index is 12.5. The summed E-state index contributed by atoms with van der Waals surface area (Å²) in [6, 6.07) is 4.92. The van der Waals surface area contributed by atoms with Crippen LogP contribution in [0.15, 0.2) is 40.3 Å². The van der Waals surface area contributed by atoms with Gasteiger partial charge >= 0.3 is 0 Å². The average molecular weight is 585 g/mol. The van der Waals surface area contributed by atoms with Crippen LogP contribution < -0.4 is 4.72 Å². The minimum absolute atomic E-state index is 0.0956. The molecule has 0 fully saturated rings. The van der Waals surface area contributed by atoms with Crippen LogP contribution in [0.3, 0.4) is 0 Å². The molecule has 1 aromatic heterocycles. The summed E-state index contributed by atoms with van der Waals surface area (Å²) >= 11 is 14.4. The Morgan fingerprint density at radius 1 is 1.10 bits per heavy atom. The molecule has 2 aromatic rings. The lowest BCUT2D eigenvalue weighted by atomic mass is 10.3. The van der Waals surface area contributed by atoms with Crippen molar-refractivity contribution in [3.05, 3.63) is 40.3 Å². The zero-order valence-electron chi connectivity index (χ0n) is 10.0. The molecular formula is C11H7Br4NO3S2. The van der Waals surface area contributed by atoms with E-state index >= 15 is 0 Å². The van der Waals surface area contributed by atoms with Crippen molar-refractivity contribution >= 4 is 90.8 Å². The van der Waals surface area contributed by atoms with E-state index in [0.29, 0.717) is 23.3 Å². The highest BCUT2D eigenvalue weighted by molar-refractivity contribution is 9.12. The molecular weight excluding hydrogens is 578 g/mol. The molecule has 0 aliphatic carbocycles. The van der Waals surface area contributed by atoms with Gasteiger partial charge in [-0.25, -0.2) is 8.42 Å². The molecule has 0 radical (unpaired) electrons. The van der Waals surface area contributed by atoms with Crippen molar-refractivity contribution in [2.45, 2.75) is 11.5 Å². The van der Waals surface area contributed by atoms with Gasteiger partial charge in [-0.2, -0.15) is 0 Å². The largest absolute Gasteiger partial charge is 0.391 e. The van der Waals surface area contributed by atoms with Crippen LogP contribution in [0.5, 0.6) is 0 Å². The molecule has 4 nitrogen and oxygen atoms in total. The summed E-state index contributed by atoms with van der Waals surface area (Å²) in [7, 11) is -3.76. The van der Waals surface area contributed by atoms with Crippen molar-refractivity contribution in [2.75, 3.05) is 4.72 Å². The summed E-state index contributed by atoms with van der Waals surface area (Å²) in [5, 5.41) is 9.10. The minimum atomic E-state index is -3.76. The SMILES string of the molecule is O=S(=O)(Nc1c(Br)cc(Br)cc1Br)c1cc(CO)sc1Br. The Kier molecular flexibility index (Phi) is 5.95. The van der Waals surface area contributed by atoms with E-state index in [2.05, 4.69) is 68.4 Å². The summed E-state index contributed by atoms with van der Waals surface area (Å²) in [4.78, 5) is 0.662. The van der Waals surface area contributed by atoms with E-state index in [1.807, 2.05) is 0 Å². The van der Waals surface area contributed by atoms with Gasteiger partial charge in [-0.3, -0.25) is 4.72 Å². The minimum Gasteiger partial charge on any atom is -0.391 e. The fourth-order valence-corrected chi connectivity index (χ4v) is 7.85. The number of halogens is 4. The third-order valence-corrected chi connectivity index (χ3v) is 7.69. The Bertz CT molecular complexity index is 766. The molecule has 0 aliphatic rings. The van der Waals surface area contributed by atoms with Gasteiger partial charge in [0, 0.05) is 18.3 Å². The molecule has 0 saturated carbocycles. The standard InChI is InChI=1S/C11H7Br4NO3S2/c12-5-1-7(13)10(8(14)2-5)16-21(18,19)9-3-6(4-17)20-11(9)15/h1-3,16-17H,4H2. The van der Waals surface area contributed by atoms with Gasteiger partial charge in [-0.1, -0.05) is 15.9 Å². The number of rotatable bonds is 4. The Morgan fingerprint density at radius 3 is 2.14 bits per heavy atom. The highest BCUT2D eigenvalue weighted by atomic mass is 79.9. The van der Waals surface area contributed by atoms with Crippen LogP contribution in [0.4, 0.5) is 5.69 Å². The van der Waals surface area contributed by atoms with E-state index in [1.54, 1.807) is 12.1 Å². The van der Waals surface area contributed by atoms with E-state index in [1.165, 1.54) is 17.4 Å². The molecule has 10 heteroatoms. The van der Waals surface area contributed by atoms with Gasteiger partial charge in [-0.05, 0) is 66.0 Å². The zero-order valence-corrected chi connectivity index (χ0v) is 18.0.